The number of amides is 2. The Bertz CT molecular complexity index is 562. The second kappa shape index (κ2) is 6.79. The Balaban J connectivity index is 1.98. The lowest BCUT2D eigenvalue weighted by Gasteiger charge is -2.37. The molecule has 0 radical (unpaired) electrons. The molecule has 8 nitrogen and oxygen atoms in total. The van der Waals surface area contributed by atoms with E-state index >= 15 is 0 Å². The molecule has 2 rings (SSSR count). The highest BCUT2D eigenvalue weighted by molar-refractivity contribution is 5.81. The summed E-state index contributed by atoms with van der Waals surface area (Å²) in [5.74, 6) is -1.26. The first-order valence-corrected chi connectivity index (χ1v) is 6.67. The summed E-state index contributed by atoms with van der Waals surface area (Å²) in [6.45, 7) is -0.202. The molecule has 0 spiro atoms. The molecule has 0 aliphatic carbocycles. The smallest absolute Gasteiger partial charge is 0.410 e. The molecule has 0 aromatic heterocycles. The number of piperazine rings is 1. The molecule has 2 amide bonds. The van der Waals surface area contributed by atoms with Crippen molar-refractivity contribution in [3.05, 3.63) is 35.9 Å². The van der Waals surface area contributed by atoms with Crippen LogP contribution in [-0.2, 0) is 16.1 Å². The minimum atomic E-state index is -1.26. The van der Waals surface area contributed by atoms with Gasteiger partial charge in [-0.2, -0.15) is 0 Å². The van der Waals surface area contributed by atoms with Crippen LogP contribution in [0.4, 0.5) is 9.59 Å². The van der Waals surface area contributed by atoms with Crippen LogP contribution in [0.25, 0.3) is 0 Å². The van der Waals surface area contributed by atoms with Gasteiger partial charge in [-0.05, 0) is 5.56 Å². The van der Waals surface area contributed by atoms with Crippen molar-refractivity contribution >= 4 is 18.2 Å². The highest BCUT2D eigenvalue weighted by Crippen LogP contribution is 2.13. The van der Waals surface area contributed by atoms with Crippen molar-refractivity contribution in [2.24, 2.45) is 0 Å². The normalized spacial score (nSPS) is 17.9. The van der Waals surface area contributed by atoms with Crippen molar-refractivity contribution in [3.8, 4) is 0 Å². The third-order valence-electron chi connectivity index (χ3n) is 3.38. The van der Waals surface area contributed by atoms with Gasteiger partial charge in [0.15, 0.2) is 6.04 Å². The van der Waals surface area contributed by atoms with E-state index in [0.717, 1.165) is 15.4 Å². The third-order valence-corrected chi connectivity index (χ3v) is 3.38. The molecule has 0 bridgehead atoms. The van der Waals surface area contributed by atoms with E-state index in [2.05, 4.69) is 0 Å². The minimum Gasteiger partial charge on any atom is -0.480 e. The summed E-state index contributed by atoms with van der Waals surface area (Å²) in [6.07, 6.45) is -1.97. The fraction of sp³-hybridized carbons (Fsp3) is 0.357. The number of aliphatic carboxylic acids is 1. The van der Waals surface area contributed by atoms with Crippen molar-refractivity contribution in [1.82, 2.24) is 9.80 Å². The van der Waals surface area contributed by atoms with Gasteiger partial charge >= 0.3 is 18.2 Å². The summed E-state index contributed by atoms with van der Waals surface area (Å²) in [5, 5.41) is 18.1. The van der Waals surface area contributed by atoms with Crippen LogP contribution in [0.2, 0.25) is 0 Å². The fourth-order valence-electron chi connectivity index (χ4n) is 2.19. The summed E-state index contributed by atoms with van der Waals surface area (Å²) >= 11 is 0. The first-order valence-electron chi connectivity index (χ1n) is 6.67. The molecule has 1 atom stereocenters. The van der Waals surface area contributed by atoms with E-state index < -0.39 is 24.2 Å². The number of benzene rings is 1. The van der Waals surface area contributed by atoms with E-state index in [1.165, 1.54) is 0 Å². The van der Waals surface area contributed by atoms with Gasteiger partial charge in [-0.3, -0.25) is 4.90 Å². The minimum absolute atomic E-state index is 0.0170. The monoisotopic (exact) mass is 308 g/mol. The molecule has 1 aliphatic heterocycles. The molecular formula is C14H16N2O6. The van der Waals surface area contributed by atoms with Crippen molar-refractivity contribution in [2.75, 3.05) is 19.6 Å². The standard InChI is InChI=1S/C14H16N2O6/c17-12(18)11-8-15(13(19)20)6-7-16(11)14(21)22-9-10-4-2-1-3-5-10/h1-5,11H,6-9H2,(H,17,18)(H,19,20). The zero-order chi connectivity index (χ0) is 16.1. The quantitative estimate of drug-likeness (QED) is 0.865. The number of carbonyl (C=O) groups excluding carboxylic acids is 1. The number of carbonyl (C=O) groups is 3. The van der Waals surface area contributed by atoms with Gasteiger partial charge in [-0.15, -0.1) is 0 Å². The lowest BCUT2D eigenvalue weighted by molar-refractivity contribution is -0.144. The van der Waals surface area contributed by atoms with Crippen LogP contribution in [0.15, 0.2) is 30.3 Å². The van der Waals surface area contributed by atoms with Crippen LogP contribution in [-0.4, -0.2) is 63.8 Å². The van der Waals surface area contributed by atoms with Gasteiger partial charge in [0.2, 0.25) is 0 Å². The van der Waals surface area contributed by atoms with Gasteiger partial charge in [0.1, 0.15) is 6.61 Å². The maximum absolute atomic E-state index is 12.0. The molecule has 1 saturated heterocycles. The summed E-state index contributed by atoms with van der Waals surface area (Å²) in [6, 6.07) is 7.75. The molecule has 0 saturated carbocycles. The number of carboxylic acid groups (broad SMARTS) is 2. The SMILES string of the molecule is O=C(O)C1CN(C(=O)O)CCN1C(=O)OCc1ccccc1. The number of hydrogen-bond acceptors (Lipinski definition) is 4. The number of nitrogens with zero attached hydrogens (tertiary/aromatic N) is 2. The predicted molar refractivity (Wildman–Crippen MR) is 74.4 cm³/mol. The van der Waals surface area contributed by atoms with Crippen LogP contribution in [0.3, 0.4) is 0 Å². The van der Waals surface area contributed by atoms with E-state index in [4.69, 9.17) is 9.84 Å². The Labute approximate surface area is 126 Å². The third kappa shape index (κ3) is 3.66. The van der Waals surface area contributed by atoms with Crippen LogP contribution < -0.4 is 0 Å². The van der Waals surface area contributed by atoms with Gasteiger partial charge in [0.25, 0.3) is 0 Å². The van der Waals surface area contributed by atoms with E-state index in [1.807, 2.05) is 6.07 Å². The fourth-order valence-corrected chi connectivity index (χ4v) is 2.19. The molecule has 1 unspecified atom stereocenters. The topological polar surface area (TPSA) is 107 Å². The Morgan fingerprint density at radius 1 is 1.14 bits per heavy atom. The molecule has 2 N–H and O–H groups in total. The summed E-state index contributed by atoms with van der Waals surface area (Å²) < 4.78 is 5.10. The first-order chi connectivity index (χ1) is 10.5. The highest BCUT2D eigenvalue weighted by atomic mass is 16.6. The first kappa shape index (κ1) is 15.6. The highest BCUT2D eigenvalue weighted by Gasteiger charge is 2.37. The predicted octanol–water partition coefficient (Wildman–Crippen LogP) is 1.07. The maximum atomic E-state index is 12.0. The van der Waals surface area contributed by atoms with Crippen molar-refractivity contribution in [3.63, 3.8) is 0 Å². The molecule has 1 fully saturated rings. The molecule has 22 heavy (non-hydrogen) atoms. The van der Waals surface area contributed by atoms with E-state index in [0.29, 0.717) is 0 Å². The van der Waals surface area contributed by atoms with E-state index in [1.54, 1.807) is 24.3 Å². The summed E-state index contributed by atoms with van der Waals surface area (Å²) in [5.41, 5.74) is 0.784. The van der Waals surface area contributed by atoms with Crippen LogP contribution in [0.5, 0.6) is 0 Å². The Morgan fingerprint density at radius 3 is 2.41 bits per heavy atom. The number of carboxylic acids is 1. The lowest BCUT2D eigenvalue weighted by Crippen LogP contribution is -2.59. The molecule has 1 aromatic carbocycles. The second-order valence-electron chi connectivity index (χ2n) is 4.82. The Kier molecular flexibility index (Phi) is 4.82. The van der Waals surface area contributed by atoms with Gasteiger partial charge in [0.05, 0.1) is 6.54 Å². The molecule has 118 valence electrons. The zero-order valence-electron chi connectivity index (χ0n) is 11.7. The van der Waals surface area contributed by atoms with Crippen molar-refractivity contribution in [2.45, 2.75) is 12.6 Å². The average molecular weight is 308 g/mol. The Morgan fingerprint density at radius 2 is 1.82 bits per heavy atom. The second-order valence-corrected chi connectivity index (χ2v) is 4.82. The molecule has 1 aliphatic rings. The lowest BCUT2D eigenvalue weighted by atomic mass is 10.2. The average Bonchev–Trinajstić information content (AvgIpc) is 2.52. The van der Waals surface area contributed by atoms with E-state index in [-0.39, 0.29) is 26.2 Å². The molecule has 1 heterocycles. The van der Waals surface area contributed by atoms with Gasteiger partial charge < -0.3 is 19.8 Å². The zero-order valence-corrected chi connectivity index (χ0v) is 11.7. The molecule has 8 heteroatoms. The number of hydrogen-bond donors (Lipinski definition) is 2. The van der Waals surface area contributed by atoms with Gasteiger partial charge in [-0.25, -0.2) is 14.4 Å². The number of rotatable bonds is 3. The van der Waals surface area contributed by atoms with Crippen LogP contribution in [0.1, 0.15) is 5.56 Å². The molecule has 1 aromatic rings. The van der Waals surface area contributed by atoms with Crippen LogP contribution >= 0.6 is 0 Å². The number of ether oxygens (including phenoxy) is 1. The van der Waals surface area contributed by atoms with Gasteiger partial charge in [-0.1, -0.05) is 30.3 Å². The van der Waals surface area contributed by atoms with Crippen molar-refractivity contribution < 1.29 is 29.3 Å². The van der Waals surface area contributed by atoms with Crippen LogP contribution in [0, 0.1) is 0 Å². The summed E-state index contributed by atoms with van der Waals surface area (Å²) in [7, 11) is 0. The Hall–Kier alpha value is -2.77. The largest absolute Gasteiger partial charge is 0.480 e. The van der Waals surface area contributed by atoms with Gasteiger partial charge in [0, 0.05) is 13.1 Å². The van der Waals surface area contributed by atoms with E-state index in [9.17, 15) is 19.5 Å². The van der Waals surface area contributed by atoms with Crippen molar-refractivity contribution in [1.29, 1.82) is 0 Å². The molecular weight excluding hydrogens is 292 g/mol. The maximum Gasteiger partial charge on any atom is 0.410 e. The summed E-state index contributed by atoms with van der Waals surface area (Å²) in [4.78, 5) is 36.2.